The molecular weight excluding hydrogens is 461 g/mol. The topological polar surface area (TPSA) is 64.1 Å². The van der Waals surface area contributed by atoms with Crippen LogP contribution in [0, 0.1) is 5.82 Å². The van der Waals surface area contributed by atoms with E-state index in [2.05, 4.69) is 31.2 Å². The summed E-state index contributed by atoms with van der Waals surface area (Å²) in [7, 11) is 0. The van der Waals surface area contributed by atoms with Crippen molar-refractivity contribution in [2.75, 3.05) is 0 Å². The second kappa shape index (κ2) is 9.49. The third kappa shape index (κ3) is 5.52. The number of halogens is 2. The van der Waals surface area contributed by atoms with Crippen LogP contribution in [0.4, 0.5) is 4.39 Å². The number of amides is 1. The molecule has 3 aromatic carbocycles. The summed E-state index contributed by atoms with van der Waals surface area (Å²) in [6.07, 6.45) is 1.57. The summed E-state index contributed by atoms with van der Waals surface area (Å²) in [5.74, 6) is 0.823. The second-order valence-electron chi connectivity index (χ2n) is 6.66. The molecule has 0 aliphatic carbocycles. The molecule has 4 aromatic rings. The Balaban J connectivity index is 1.39. The highest BCUT2D eigenvalue weighted by Crippen LogP contribution is 2.23. The molecule has 0 bridgehead atoms. The number of nitrogens with zero attached hydrogens (tertiary/aromatic N) is 2. The lowest BCUT2D eigenvalue weighted by Crippen LogP contribution is -2.22. The van der Waals surface area contributed by atoms with E-state index < -0.39 is 0 Å². The average molecular weight is 478 g/mol. The van der Waals surface area contributed by atoms with Crippen molar-refractivity contribution in [2.24, 2.45) is 0 Å². The van der Waals surface area contributed by atoms with Gasteiger partial charge in [0.05, 0.1) is 0 Å². The van der Waals surface area contributed by atoms with Crippen molar-refractivity contribution < 1.29 is 13.9 Å². The van der Waals surface area contributed by atoms with Crippen LogP contribution in [0.5, 0.6) is 11.6 Å². The Morgan fingerprint density at radius 2 is 1.65 bits per heavy atom. The van der Waals surface area contributed by atoms with Crippen molar-refractivity contribution in [2.45, 2.75) is 6.54 Å². The predicted molar refractivity (Wildman–Crippen MR) is 119 cm³/mol. The number of ether oxygens (including phenoxy) is 1. The SMILES string of the molecule is O=C(NCc1ccc(Br)cc1)c1ccc(Oc2ccnc(-c3ccc(F)cc3)n2)cc1. The molecule has 0 atom stereocenters. The molecule has 1 aromatic heterocycles. The maximum Gasteiger partial charge on any atom is 0.251 e. The van der Waals surface area contributed by atoms with E-state index >= 15 is 0 Å². The van der Waals surface area contributed by atoms with Crippen LogP contribution >= 0.6 is 15.9 Å². The quantitative estimate of drug-likeness (QED) is 0.382. The highest BCUT2D eigenvalue weighted by Gasteiger charge is 2.08. The van der Waals surface area contributed by atoms with Crippen molar-refractivity contribution in [1.29, 1.82) is 0 Å². The Morgan fingerprint density at radius 1 is 0.935 bits per heavy atom. The molecule has 0 fully saturated rings. The molecule has 0 saturated carbocycles. The lowest BCUT2D eigenvalue weighted by Gasteiger charge is -2.08. The van der Waals surface area contributed by atoms with Gasteiger partial charge >= 0.3 is 0 Å². The van der Waals surface area contributed by atoms with Crippen molar-refractivity contribution in [3.05, 3.63) is 106 Å². The molecule has 0 saturated heterocycles. The van der Waals surface area contributed by atoms with E-state index in [1.165, 1.54) is 12.1 Å². The maximum atomic E-state index is 13.1. The number of carbonyl (C=O) groups is 1. The van der Waals surface area contributed by atoms with E-state index in [0.29, 0.717) is 35.1 Å². The van der Waals surface area contributed by atoms with Gasteiger partial charge in [0.25, 0.3) is 5.91 Å². The minimum Gasteiger partial charge on any atom is -0.439 e. The normalized spacial score (nSPS) is 10.5. The van der Waals surface area contributed by atoms with E-state index in [4.69, 9.17) is 4.74 Å². The van der Waals surface area contributed by atoms with Crippen LogP contribution in [0.1, 0.15) is 15.9 Å². The molecule has 154 valence electrons. The second-order valence-corrected chi connectivity index (χ2v) is 7.58. The Labute approximate surface area is 187 Å². The zero-order valence-electron chi connectivity index (χ0n) is 16.3. The van der Waals surface area contributed by atoms with Crippen LogP contribution in [0.25, 0.3) is 11.4 Å². The Bertz CT molecular complexity index is 1180. The highest BCUT2D eigenvalue weighted by molar-refractivity contribution is 9.10. The van der Waals surface area contributed by atoms with Crippen LogP contribution in [0.2, 0.25) is 0 Å². The van der Waals surface area contributed by atoms with E-state index in [-0.39, 0.29) is 11.7 Å². The van der Waals surface area contributed by atoms with Crippen LogP contribution in [-0.2, 0) is 6.54 Å². The summed E-state index contributed by atoms with van der Waals surface area (Å²) in [5, 5.41) is 2.89. The summed E-state index contributed by atoms with van der Waals surface area (Å²) < 4.78 is 19.9. The van der Waals surface area contributed by atoms with Gasteiger partial charge in [-0.25, -0.2) is 9.37 Å². The minimum atomic E-state index is -0.322. The molecule has 0 spiro atoms. The molecule has 1 heterocycles. The van der Waals surface area contributed by atoms with Crippen molar-refractivity contribution >= 4 is 21.8 Å². The Morgan fingerprint density at radius 3 is 2.35 bits per heavy atom. The number of hydrogen-bond donors (Lipinski definition) is 1. The number of rotatable bonds is 6. The molecule has 5 nitrogen and oxygen atoms in total. The van der Waals surface area contributed by atoms with Crippen LogP contribution < -0.4 is 10.1 Å². The number of carbonyl (C=O) groups excluding carboxylic acids is 1. The fourth-order valence-electron chi connectivity index (χ4n) is 2.82. The molecule has 31 heavy (non-hydrogen) atoms. The molecule has 0 aliphatic heterocycles. The first-order valence-corrected chi connectivity index (χ1v) is 10.3. The smallest absolute Gasteiger partial charge is 0.251 e. The van der Waals surface area contributed by atoms with Gasteiger partial charge in [-0.05, 0) is 66.2 Å². The standard InChI is InChI=1S/C24H17BrFN3O2/c25-19-7-1-16(2-8-19)15-28-24(30)18-5-11-21(12-6-18)31-22-13-14-27-23(29-22)17-3-9-20(26)10-4-17/h1-14H,15H2,(H,28,30). The molecule has 0 radical (unpaired) electrons. The zero-order chi connectivity index (χ0) is 21.6. The van der Waals surface area contributed by atoms with Gasteiger partial charge in [-0.1, -0.05) is 28.1 Å². The Hall–Kier alpha value is -3.58. The first kappa shape index (κ1) is 20.7. The first-order valence-electron chi connectivity index (χ1n) is 9.46. The number of aromatic nitrogens is 2. The molecule has 1 amide bonds. The van der Waals surface area contributed by atoms with Crippen LogP contribution in [0.3, 0.4) is 0 Å². The van der Waals surface area contributed by atoms with Gasteiger partial charge in [-0.3, -0.25) is 4.79 Å². The van der Waals surface area contributed by atoms with Gasteiger partial charge in [-0.15, -0.1) is 0 Å². The highest BCUT2D eigenvalue weighted by atomic mass is 79.9. The zero-order valence-corrected chi connectivity index (χ0v) is 17.8. The summed E-state index contributed by atoms with van der Waals surface area (Å²) >= 11 is 3.39. The van der Waals surface area contributed by atoms with Crippen molar-refractivity contribution in [3.8, 4) is 23.0 Å². The number of hydrogen-bond acceptors (Lipinski definition) is 4. The lowest BCUT2D eigenvalue weighted by atomic mass is 10.2. The van der Waals surface area contributed by atoms with Crippen LogP contribution in [-0.4, -0.2) is 15.9 Å². The molecule has 0 unspecified atom stereocenters. The van der Waals surface area contributed by atoms with E-state index in [1.807, 2.05) is 24.3 Å². The number of nitrogens with one attached hydrogen (secondary N) is 1. The molecule has 1 N–H and O–H groups in total. The van der Waals surface area contributed by atoms with E-state index in [0.717, 1.165) is 10.0 Å². The van der Waals surface area contributed by atoms with Gasteiger partial charge in [-0.2, -0.15) is 4.98 Å². The summed E-state index contributed by atoms with van der Waals surface area (Å²) in [5.41, 5.74) is 2.22. The first-order chi connectivity index (χ1) is 15.1. The van der Waals surface area contributed by atoms with Gasteiger partial charge in [0.2, 0.25) is 5.88 Å². The summed E-state index contributed by atoms with van der Waals surface area (Å²) in [6, 6.07) is 22.1. The molecule has 7 heteroatoms. The van der Waals surface area contributed by atoms with Crippen molar-refractivity contribution in [1.82, 2.24) is 15.3 Å². The third-order valence-corrected chi connectivity index (χ3v) is 4.97. The Kier molecular flexibility index (Phi) is 6.33. The largest absolute Gasteiger partial charge is 0.439 e. The van der Waals surface area contributed by atoms with Crippen LogP contribution in [0.15, 0.2) is 89.5 Å². The lowest BCUT2D eigenvalue weighted by molar-refractivity contribution is 0.0951. The fourth-order valence-corrected chi connectivity index (χ4v) is 3.08. The molecule has 0 aliphatic rings. The van der Waals surface area contributed by atoms with Crippen molar-refractivity contribution in [3.63, 3.8) is 0 Å². The minimum absolute atomic E-state index is 0.171. The van der Waals surface area contributed by atoms with E-state index in [1.54, 1.807) is 48.7 Å². The van der Waals surface area contributed by atoms with Gasteiger partial charge in [0.1, 0.15) is 11.6 Å². The predicted octanol–water partition coefficient (Wildman–Crippen LogP) is 5.77. The monoisotopic (exact) mass is 477 g/mol. The summed E-state index contributed by atoms with van der Waals surface area (Å²) in [4.78, 5) is 20.9. The van der Waals surface area contributed by atoms with Gasteiger partial charge < -0.3 is 10.1 Å². The van der Waals surface area contributed by atoms with E-state index in [9.17, 15) is 9.18 Å². The van der Waals surface area contributed by atoms with Gasteiger partial charge in [0.15, 0.2) is 5.82 Å². The fraction of sp³-hybridized carbons (Fsp3) is 0.0417. The molecular formula is C24H17BrFN3O2. The molecule has 4 rings (SSSR count). The number of benzene rings is 3. The van der Waals surface area contributed by atoms with Gasteiger partial charge in [0, 0.05) is 34.4 Å². The third-order valence-electron chi connectivity index (χ3n) is 4.44. The summed E-state index contributed by atoms with van der Waals surface area (Å²) in [6.45, 7) is 0.442. The maximum absolute atomic E-state index is 13.1. The average Bonchev–Trinajstić information content (AvgIpc) is 2.80.